The summed E-state index contributed by atoms with van der Waals surface area (Å²) in [6.07, 6.45) is 31.6. The Morgan fingerprint density at radius 2 is 0.889 bits per heavy atom. The minimum atomic E-state index is -0.122. The Labute approximate surface area is 379 Å². The van der Waals surface area contributed by atoms with Crippen molar-refractivity contribution in [3.63, 3.8) is 0 Å². The molecule has 0 aromatic rings. The van der Waals surface area contributed by atoms with Gasteiger partial charge in [0.05, 0.1) is 12.2 Å². The molecule has 2 N–H and O–H groups in total. The van der Waals surface area contributed by atoms with Gasteiger partial charge in [0.15, 0.2) is 11.6 Å². The summed E-state index contributed by atoms with van der Waals surface area (Å²) in [5, 5.41) is 20.4. The van der Waals surface area contributed by atoms with Crippen LogP contribution in [-0.4, -0.2) is 45.6 Å². The molecule has 63 heavy (non-hydrogen) atoms. The summed E-state index contributed by atoms with van der Waals surface area (Å²) in [6.45, 7) is 14.1. The van der Waals surface area contributed by atoms with E-state index >= 15 is 0 Å². The van der Waals surface area contributed by atoms with Crippen molar-refractivity contribution >= 4 is 23.1 Å². The van der Waals surface area contributed by atoms with E-state index in [9.17, 15) is 29.4 Å². The summed E-state index contributed by atoms with van der Waals surface area (Å²) in [5.74, 6) is 8.06. The molecular formula is C57H82O6. The van der Waals surface area contributed by atoms with Gasteiger partial charge in [-0.1, -0.05) is 64.3 Å². The van der Waals surface area contributed by atoms with Gasteiger partial charge in [0.25, 0.3) is 0 Å². The van der Waals surface area contributed by atoms with Crippen LogP contribution in [-0.2, 0) is 19.2 Å². The Balaban J connectivity index is 0.000000112. The third-order valence-corrected chi connectivity index (χ3v) is 23.4. The average Bonchev–Trinajstić information content (AvgIpc) is 3.86. The number of Topliss-reactive ketones (excluding diaryl/α,β-unsaturated/α-hetero) is 2. The quantitative estimate of drug-likeness (QED) is 0.235. The Kier molecular flexibility index (Phi) is 11.1. The molecule has 12 aliphatic carbocycles. The lowest BCUT2D eigenvalue weighted by Gasteiger charge is -2.57. The van der Waals surface area contributed by atoms with E-state index in [0.717, 1.165) is 127 Å². The Bertz CT molecular complexity index is 2010. The summed E-state index contributed by atoms with van der Waals surface area (Å²) >= 11 is 0. The summed E-state index contributed by atoms with van der Waals surface area (Å²) in [5.41, 5.74) is 5.33. The second kappa shape index (κ2) is 15.7. The van der Waals surface area contributed by atoms with Crippen LogP contribution >= 0.6 is 0 Å². The number of aliphatic hydroxyl groups excluding tert-OH is 2. The molecule has 0 amide bonds. The first-order valence-corrected chi connectivity index (χ1v) is 26.5. The first-order chi connectivity index (χ1) is 29.8. The van der Waals surface area contributed by atoms with Gasteiger partial charge < -0.3 is 10.2 Å². The van der Waals surface area contributed by atoms with E-state index in [1.807, 2.05) is 12.2 Å². The average molecular weight is 863 g/mol. The molecule has 17 atom stereocenters. The van der Waals surface area contributed by atoms with Gasteiger partial charge in [-0.2, -0.15) is 0 Å². The first kappa shape index (κ1) is 44.6. The SMILES string of the molecule is C[C@]12CCC(=O)C=C1CC[C@@H]1[C@@H]2CC[C@]2(C)C(=O)CC[C@@H]12.C[C@]12CC[C@H](O)CC1=CC[C@@H]1[C@@H]2CC[C@]2(C)C(=O)CC[C@@H]12.C[C@]12CC[C@H]3[C@@H](CCC4=CC(=O)CC[C@@]43C)[C@@H]1CC[C@@H]2O. The van der Waals surface area contributed by atoms with Crippen LogP contribution in [0.3, 0.4) is 0 Å². The van der Waals surface area contributed by atoms with Gasteiger partial charge in [-0.05, 0) is 215 Å². The molecule has 0 aliphatic heterocycles. The number of allylic oxidation sites excluding steroid dienone is 3. The summed E-state index contributed by atoms with van der Waals surface area (Å²) < 4.78 is 0. The molecule has 0 aromatic carbocycles. The van der Waals surface area contributed by atoms with E-state index in [1.165, 1.54) is 61.7 Å². The van der Waals surface area contributed by atoms with E-state index in [-0.39, 0.29) is 39.3 Å². The molecule has 9 saturated carbocycles. The van der Waals surface area contributed by atoms with Crippen molar-refractivity contribution < 1.29 is 29.4 Å². The van der Waals surface area contributed by atoms with Crippen LogP contribution < -0.4 is 0 Å². The van der Waals surface area contributed by atoms with Crippen LogP contribution in [0.2, 0.25) is 0 Å². The van der Waals surface area contributed by atoms with Gasteiger partial charge in [-0.3, -0.25) is 19.2 Å². The molecule has 0 spiro atoms. The third kappa shape index (κ3) is 6.77. The molecule has 0 bridgehead atoms. The van der Waals surface area contributed by atoms with Crippen molar-refractivity contribution in [3.8, 4) is 0 Å². The molecule has 0 aromatic heterocycles. The second-order valence-electron chi connectivity index (χ2n) is 25.6. The number of carbonyl (C=O) groups is 4. The lowest BCUT2D eigenvalue weighted by molar-refractivity contribution is -0.133. The van der Waals surface area contributed by atoms with Crippen molar-refractivity contribution in [3.05, 3.63) is 34.9 Å². The first-order valence-electron chi connectivity index (χ1n) is 26.5. The Morgan fingerprint density at radius 1 is 0.429 bits per heavy atom. The molecule has 0 saturated heterocycles. The van der Waals surface area contributed by atoms with Crippen molar-refractivity contribution in [2.24, 2.45) is 85.8 Å². The molecular weight excluding hydrogens is 781 g/mol. The number of hydrogen-bond acceptors (Lipinski definition) is 6. The third-order valence-electron chi connectivity index (χ3n) is 23.4. The molecule has 0 unspecified atom stereocenters. The number of fused-ring (bicyclic) bond motifs is 15. The van der Waals surface area contributed by atoms with E-state index in [2.05, 4.69) is 47.6 Å². The van der Waals surface area contributed by atoms with E-state index in [1.54, 1.807) is 0 Å². The largest absolute Gasteiger partial charge is 0.393 e. The number of ketones is 4. The highest BCUT2D eigenvalue weighted by Crippen LogP contribution is 2.67. The predicted octanol–water partition coefficient (Wildman–Crippen LogP) is 11.8. The standard InChI is InChI=1S/2C19H28O2.C19H26O2/c3*1-18-9-7-13(20)11-12(18)3-4-14-15-5-6-17(21)19(15,2)10-8-16(14)18/h11,14-17,21H,3-10H2,1-2H3;3,13-16,20H,4-11H2,1-2H3;11,14-16H,3-10H2,1-2H3/t14-,15-,16-,17-,18-,19-;13-,14-,15-,16-,18-,19-;14-,15-,16-,18-,19-/m000/s1. The van der Waals surface area contributed by atoms with Gasteiger partial charge in [0.2, 0.25) is 0 Å². The minimum Gasteiger partial charge on any atom is -0.393 e. The topological polar surface area (TPSA) is 109 Å². The fraction of sp³-hybridized carbons (Fsp3) is 0.825. The van der Waals surface area contributed by atoms with Gasteiger partial charge in [0, 0.05) is 36.5 Å². The molecule has 12 aliphatic rings. The highest BCUT2D eigenvalue weighted by atomic mass is 16.3. The zero-order valence-electron chi connectivity index (χ0n) is 40.1. The molecule has 0 radical (unpaired) electrons. The summed E-state index contributed by atoms with van der Waals surface area (Å²) in [6, 6.07) is 0. The molecule has 0 heterocycles. The molecule has 12 rings (SSSR count). The molecule has 6 heteroatoms. The van der Waals surface area contributed by atoms with E-state index < -0.39 is 0 Å². The summed E-state index contributed by atoms with van der Waals surface area (Å²) in [7, 11) is 0. The fourth-order valence-corrected chi connectivity index (χ4v) is 19.3. The fourth-order valence-electron chi connectivity index (χ4n) is 19.3. The number of carbonyl (C=O) groups excluding carboxylic acids is 4. The van der Waals surface area contributed by atoms with Gasteiger partial charge in [0.1, 0.15) is 11.6 Å². The van der Waals surface area contributed by atoms with Crippen molar-refractivity contribution in [1.29, 1.82) is 0 Å². The predicted molar refractivity (Wildman–Crippen MR) is 247 cm³/mol. The smallest absolute Gasteiger partial charge is 0.155 e. The summed E-state index contributed by atoms with van der Waals surface area (Å²) in [4.78, 5) is 48.3. The van der Waals surface area contributed by atoms with Crippen molar-refractivity contribution in [2.45, 2.75) is 208 Å². The van der Waals surface area contributed by atoms with Crippen LogP contribution in [0, 0.1) is 85.8 Å². The van der Waals surface area contributed by atoms with E-state index in [4.69, 9.17) is 0 Å². The molecule has 346 valence electrons. The van der Waals surface area contributed by atoms with Gasteiger partial charge in [-0.25, -0.2) is 0 Å². The monoisotopic (exact) mass is 863 g/mol. The second-order valence-corrected chi connectivity index (χ2v) is 25.6. The number of hydrogen-bond donors (Lipinski definition) is 2. The maximum atomic E-state index is 12.4. The zero-order valence-corrected chi connectivity index (χ0v) is 40.1. The minimum absolute atomic E-state index is 0.0168. The van der Waals surface area contributed by atoms with Gasteiger partial charge >= 0.3 is 0 Å². The van der Waals surface area contributed by atoms with Crippen LogP contribution in [0.25, 0.3) is 0 Å². The number of rotatable bonds is 0. The van der Waals surface area contributed by atoms with E-state index in [0.29, 0.717) is 64.1 Å². The van der Waals surface area contributed by atoms with Crippen LogP contribution in [0.15, 0.2) is 34.9 Å². The number of aliphatic hydroxyl groups is 2. The van der Waals surface area contributed by atoms with Crippen LogP contribution in [0.4, 0.5) is 0 Å². The highest BCUT2D eigenvalue weighted by Gasteiger charge is 2.62. The Morgan fingerprint density at radius 3 is 1.46 bits per heavy atom. The van der Waals surface area contributed by atoms with Crippen molar-refractivity contribution in [2.75, 3.05) is 0 Å². The highest BCUT2D eigenvalue weighted by molar-refractivity contribution is 5.92. The van der Waals surface area contributed by atoms with Gasteiger partial charge in [-0.15, -0.1) is 0 Å². The normalized spacial score (nSPS) is 51.6. The zero-order chi connectivity index (χ0) is 44.5. The Hall–Kier alpha value is -2.18. The molecule has 6 nitrogen and oxygen atoms in total. The lowest BCUT2D eigenvalue weighted by atomic mass is 9.47. The van der Waals surface area contributed by atoms with Crippen molar-refractivity contribution in [1.82, 2.24) is 0 Å². The maximum Gasteiger partial charge on any atom is 0.155 e. The lowest BCUT2D eigenvalue weighted by Crippen LogP contribution is -2.51. The van der Waals surface area contributed by atoms with Crippen LogP contribution in [0.1, 0.15) is 196 Å². The maximum absolute atomic E-state index is 12.4. The molecule has 9 fully saturated rings. The van der Waals surface area contributed by atoms with Crippen LogP contribution in [0.5, 0.6) is 0 Å².